The lowest BCUT2D eigenvalue weighted by atomic mass is 10.1. The van der Waals surface area contributed by atoms with E-state index >= 15 is 0 Å². The van der Waals surface area contributed by atoms with Gasteiger partial charge in [0.15, 0.2) is 0 Å². The molecule has 0 unspecified atom stereocenters. The Bertz CT molecular complexity index is 671. The first-order valence-corrected chi connectivity index (χ1v) is 6.56. The molecule has 2 N–H and O–H groups in total. The van der Waals surface area contributed by atoms with Gasteiger partial charge in [-0.2, -0.15) is 0 Å². The lowest BCUT2D eigenvalue weighted by molar-refractivity contribution is -0.121. The van der Waals surface area contributed by atoms with Crippen molar-refractivity contribution >= 4 is 11.8 Å². The van der Waals surface area contributed by atoms with Crippen molar-refractivity contribution in [2.75, 3.05) is 7.11 Å². The number of methoxy groups -OCH3 is 1. The highest BCUT2D eigenvalue weighted by Gasteiger charge is 2.08. The number of carbonyl (C=O) groups excluding carboxylic acids is 2. The maximum atomic E-state index is 13.0. The summed E-state index contributed by atoms with van der Waals surface area (Å²) in [6.45, 7) is 0. The second-order valence-corrected chi connectivity index (χ2v) is 4.54. The van der Waals surface area contributed by atoms with Crippen LogP contribution < -0.4 is 15.6 Å². The molecule has 0 heterocycles. The van der Waals surface area contributed by atoms with Crippen LogP contribution in [0.15, 0.2) is 48.5 Å². The van der Waals surface area contributed by atoms with Gasteiger partial charge in [0.1, 0.15) is 11.6 Å². The Balaban J connectivity index is 1.85. The van der Waals surface area contributed by atoms with Gasteiger partial charge in [0, 0.05) is 5.56 Å². The number of rotatable bonds is 4. The number of amides is 2. The van der Waals surface area contributed by atoms with Crippen LogP contribution in [0.3, 0.4) is 0 Å². The molecule has 0 fully saturated rings. The molecule has 0 atom stereocenters. The number of benzene rings is 2. The van der Waals surface area contributed by atoms with Crippen LogP contribution in [-0.4, -0.2) is 18.9 Å². The summed E-state index contributed by atoms with van der Waals surface area (Å²) in [6, 6.07) is 12.2. The van der Waals surface area contributed by atoms with E-state index in [0.717, 1.165) is 11.6 Å². The average Bonchev–Trinajstić information content (AvgIpc) is 2.53. The largest absolute Gasteiger partial charge is 0.497 e. The van der Waals surface area contributed by atoms with Crippen LogP contribution in [0.4, 0.5) is 4.39 Å². The monoisotopic (exact) mass is 302 g/mol. The summed E-state index contributed by atoms with van der Waals surface area (Å²) >= 11 is 0. The van der Waals surface area contributed by atoms with Crippen molar-refractivity contribution < 1.29 is 18.7 Å². The number of hydrazine groups is 1. The number of nitrogens with one attached hydrogen (secondary N) is 2. The summed E-state index contributed by atoms with van der Waals surface area (Å²) in [5, 5.41) is 0. The molecular formula is C16H15FN2O3. The lowest BCUT2D eigenvalue weighted by Crippen LogP contribution is -2.42. The molecule has 0 aromatic heterocycles. The highest BCUT2D eigenvalue weighted by molar-refractivity contribution is 5.95. The summed E-state index contributed by atoms with van der Waals surface area (Å²) in [5.41, 5.74) is 5.43. The normalized spacial score (nSPS) is 9.91. The summed E-state index contributed by atoms with van der Waals surface area (Å²) in [6.07, 6.45) is 0.105. The second-order valence-electron chi connectivity index (χ2n) is 4.54. The second kappa shape index (κ2) is 7.21. The van der Waals surface area contributed by atoms with E-state index in [4.69, 9.17) is 4.74 Å². The molecule has 0 saturated heterocycles. The SMILES string of the molecule is COc1ccc(CC(=O)NNC(=O)c2cccc(F)c2)cc1. The van der Waals surface area contributed by atoms with Crippen LogP contribution in [0.2, 0.25) is 0 Å². The predicted molar refractivity (Wildman–Crippen MR) is 78.7 cm³/mol. The van der Waals surface area contributed by atoms with Crippen molar-refractivity contribution in [2.45, 2.75) is 6.42 Å². The third-order valence-corrected chi connectivity index (χ3v) is 2.93. The quantitative estimate of drug-likeness (QED) is 0.847. The molecule has 114 valence electrons. The first-order chi connectivity index (χ1) is 10.6. The maximum absolute atomic E-state index is 13.0. The van der Waals surface area contributed by atoms with E-state index in [1.54, 1.807) is 31.4 Å². The van der Waals surface area contributed by atoms with Crippen LogP contribution in [0, 0.1) is 5.82 Å². The van der Waals surface area contributed by atoms with Gasteiger partial charge in [-0.3, -0.25) is 20.4 Å². The van der Waals surface area contributed by atoms with Gasteiger partial charge in [-0.1, -0.05) is 18.2 Å². The molecule has 0 aliphatic rings. The van der Waals surface area contributed by atoms with Gasteiger partial charge in [0.25, 0.3) is 5.91 Å². The van der Waals surface area contributed by atoms with Gasteiger partial charge < -0.3 is 4.74 Å². The highest BCUT2D eigenvalue weighted by atomic mass is 19.1. The van der Waals surface area contributed by atoms with Crippen molar-refractivity contribution in [1.29, 1.82) is 0 Å². The van der Waals surface area contributed by atoms with Crippen molar-refractivity contribution in [1.82, 2.24) is 10.9 Å². The Kier molecular flexibility index (Phi) is 5.08. The number of ether oxygens (including phenoxy) is 1. The van der Waals surface area contributed by atoms with Crippen molar-refractivity contribution in [3.05, 3.63) is 65.5 Å². The maximum Gasteiger partial charge on any atom is 0.269 e. The molecular weight excluding hydrogens is 287 g/mol. The molecule has 5 nitrogen and oxygen atoms in total. The lowest BCUT2D eigenvalue weighted by Gasteiger charge is -2.08. The number of carbonyl (C=O) groups is 2. The zero-order valence-electron chi connectivity index (χ0n) is 11.9. The molecule has 0 aliphatic carbocycles. The number of hydrogen-bond acceptors (Lipinski definition) is 3. The summed E-state index contributed by atoms with van der Waals surface area (Å²) < 4.78 is 18.0. The molecule has 22 heavy (non-hydrogen) atoms. The van der Waals surface area contributed by atoms with Gasteiger partial charge in [0.2, 0.25) is 5.91 Å². The Hall–Kier alpha value is -2.89. The van der Waals surface area contributed by atoms with E-state index in [9.17, 15) is 14.0 Å². The van der Waals surface area contributed by atoms with Gasteiger partial charge in [0.05, 0.1) is 13.5 Å². The van der Waals surface area contributed by atoms with E-state index in [1.165, 1.54) is 18.2 Å². The molecule has 0 radical (unpaired) electrons. The Morgan fingerprint density at radius 3 is 2.45 bits per heavy atom. The predicted octanol–water partition coefficient (Wildman–Crippen LogP) is 1.84. The zero-order valence-corrected chi connectivity index (χ0v) is 11.9. The van der Waals surface area contributed by atoms with E-state index < -0.39 is 11.7 Å². The Labute approximate surface area is 127 Å². The highest BCUT2D eigenvalue weighted by Crippen LogP contribution is 2.11. The Morgan fingerprint density at radius 1 is 1.09 bits per heavy atom. The molecule has 6 heteroatoms. The standard InChI is InChI=1S/C16H15FN2O3/c1-22-14-7-5-11(6-8-14)9-15(20)18-19-16(21)12-3-2-4-13(17)10-12/h2-8,10H,9H2,1H3,(H,18,20)(H,19,21). The van der Waals surface area contributed by atoms with Gasteiger partial charge in [-0.05, 0) is 35.9 Å². The molecule has 0 spiro atoms. The van der Waals surface area contributed by atoms with Crippen LogP contribution in [0.25, 0.3) is 0 Å². The fraction of sp³-hybridized carbons (Fsp3) is 0.125. The first-order valence-electron chi connectivity index (χ1n) is 6.56. The average molecular weight is 302 g/mol. The summed E-state index contributed by atoms with van der Waals surface area (Å²) in [4.78, 5) is 23.5. The minimum atomic E-state index is -0.581. The summed E-state index contributed by atoms with van der Waals surface area (Å²) in [7, 11) is 1.56. The third kappa shape index (κ3) is 4.31. The molecule has 0 aliphatic heterocycles. The van der Waals surface area contributed by atoms with Gasteiger partial charge >= 0.3 is 0 Å². The van der Waals surface area contributed by atoms with Crippen LogP contribution in [0.1, 0.15) is 15.9 Å². The van der Waals surface area contributed by atoms with Crippen LogP contribution in [0.5, 0.6) is 5.75 Å². The molecule has 2 aromatic rings. The smallest absolute Gasteiger partial charge is 0.269 e. The van der Waals surface area contributed by atoms with Crippen LogP contribution in [-0.2, 0) is 11.2 Å². The van der Waals surface area contributed by atoms with Crippen molar-refractivity contribution in [2.24, 2.45) is 0 Å². The fourth-order valence-corrected chi connectivity index (χ4v) is 1.80. The third-order valence-electron chi connectivity index (χ3n) is 2.93. The van der Waals surface area contributed by atoms with Crippen molar-refractivity contribution in [3.63, 3.8) is 0 Å². The van der Waals surface area contributed by atoms with Crippen LogP contribution >= 0.6 is 0 Å². The van der Waals surface area contributed by atoms with Crippen molar-refractivity contribution in [3.8, 4) is 5.75 Å². The van der Waals surface area contributed by atoms with E-state index in [0.29, 0.717) is 5.75 Å². The van der Waals surface area contributed by atoms with Gasteiger partial charge in [-0.15, -0.1) is 0 Å². The summed E-state index contributed by atoms with van der Waals surface area (Å²) in [5.74, 6) is -0.779. The van der Waals surface area contributed by atoms with Gasteiger partial charge in [-0.25, -0.2) is 4.39 Å². The van der Waals surface area contributed by atoms with E-state index in [1.807, 2.05) is 0 Å². The molecule has 2 aromatic carbocycles. The van der Waals surface area contributed by atoms with E-state index in [-0.39, 0.29) is 17.9 Å². The molecule has 2 amide bonds. The topological polar surface area (TPSA) is 67.4 Å². The first kappa shape index (κ1) is 15.5. The fourth-order valence-electron chi connectivity index (χ4n) is 1.80. The number of halogens is 1. The molecule has 0 saturated carbocycles. The number of hydrogen-bond donors (Lipinski definition) is 2. The molecule has 0 bridgehead atoms. The van der Waals surface area contributed by atoms with E-state index in [2.05, 4.69) is 10.9 Å². The minimum absolute atomic E-state index is 0.105. The molecule has 2 rings (SSSR count). The zero-order chi connectivity index (χ0) is 15.9. The Morgan fingerprint density at radius 2 is 1.82 bits per heavy atom. The minimum Gasteiger partial charge on any atom is -0.497 e.